The first-order valence-corrected chi connectivity index (χ1v) is 2.29. The average molecular weight is 115 g/mol. The Labute approximate surface area is 47.0 Å². The number of rotatable bonds is 0. The van der Waals surface area contributed by atoms with Gasteiger partial charge in [-0.2, -0.15) is 0 Å². The van der Waals surface area contributed by atoms with Crippen LogP contribution in [0.5, 0.6) is 0 Å². The Kier molecular flexibility index (Phi) is 1.48. The van der Waals surface area contributed by atoms with Gasteiger partial charge in [0.1, 0.15) is 0 Å². The molecule has 1 unspecified atom stereocenters. The quantitative estimate of drug-likeness (QED) is 0.429. The summed E-state index contributed by atoms with van der Waals surface area (Å²) >= 11 is 0. The van der Waals surface area contributed by atoms with Crippen molar-refractivity contribution in [1.29, 1.82) is 0 Å². The second-order valence-electron chi connectivity index (χ2n) is 1.50. The Hall–Kier alpha value is -0.580. The minimum atomic E-state index is -1.07. The van der Waals surface area contributed by atoms with Gasteiger partial charge < -0.3 is 10.3 Å². The van der Waals surface area contributed by atoms with Crippen molar-refractivity contribution in [2.45, 2.75) is 6.35 Å². The lowest BCUT2D eigenvalue weighted by atomic mass is 10.5. The molecule has 0 aromatic carbocycles. The smallest absolute Gasteiger partial charge is 0.226 e. The molecule has 1 aliphatic heterocycles. The van der Waals surface area contributed by atoms with Crippen molar-refractivity contribution in [2.24, 2.45) is 0 Å². The Balaban J connectivity index is 2.44. The summed E-state index contributed by atoms with van der Waals surface area (Å²) in [4.78, 5) is 0. The molecule has 1 heterocycles. The van der Waals surface area contributed by atoms with Crippen LogP contribution in [0.15, 0.2) is 12.3 Å². The van der Waals surface area contributed by atoms with E-state index in [1.54, 1.807) is 6.08 Å². The van der Waals surface area contributed by atoms with E-state index >= 15 is 0 Å². The highest BCUT2D eigenvalue weighted by Gasteiger charge is 2.13. The molecular formula is C4H7N2O2. The summed E-state index contributed by atoms with van der Waals surface area (Å²) in [6.07, 6.45) is 2.05. The largest absolute Gasteiger partial charge is 0.358 e. The zero-order valence-corrected chi connectivity index (χ0v) is 4.23. The van der Waals surface area contributed by atoms with Gasteiger partial charge in [-0.3, -0.25) is 0 Å². The number of hydroxylamine groups is 2. The Morgan fingerprint density at radius 3 is 2.88 bits per heavy atom. The SMILES string of the molecule is OC1[N]C=CCN1O. The summed E-state index contributed by atoms with van der Waals surface area (Å²) in [5, 5.41) is 21.4. The number of aliphatic hydroxyl groups is 1. The van der Waals surface area contributed by atoms with Gasteiger partial charge >= 0.3 is 0 Å². The van der Waals surface area contributed by atoms with E-state index in [0.717, 1.165) is 5.06 Å². The molecule has 1 radical (unpaired) electrons. The van der Waals surface area contributed by atoms with Crippen molar-refractivity contribution >= 4 is 0 Å². The second-order valence-corrected chi connectivity index (χ2v) is 1.50. The molecule has 0 fully saturated rings. The Morgan fingerprint density at radius 1 is 1.75 bits per heavy atom. The first kappa shape index (κ1) is 5.55. The molecule has 0 bridgehead atoms. The molecule has 2 N–H and O–H groups in total. The Morgan fingerprint density at radius 2 is 2.50 bits per heavy atom. The van der Waals surface area contributed by atoms with Crippen LogP contribution in [-0.4, -0.2) is 28.3 Å². The van der Waals surface area contributed by atoms with Crippen LogP contribution in [-0.2, 0) is 0 Å². The molecule has 0 aliphatic carbocycles. The summed E-state index contributed by atoms with van der Waals surface area (Å²) in [6.45, 7) is 0.338. The molecule has 45 valence electrons. The van der Waals surface area contributed by atoms with Gasteiger partial charge in [0.15, 0.2) is 0 Å². The van der Waals surface area contributed by atoms with Gasteiger partial charge in [0, 0.05) is 12.7 Å². The summed E-state index contributed by atoms with van der Waals surface area (Å²) in [7, 11) is 0. The summed E-state index contributed by atoms with van der Waals surface area (Å²) < 4.78 is 0. The van der Waals surface area contributed by atoms with E-state index in [4.69, 9.17) is 10.3 Å². The second kappa shape index (κ2) is 2.13. The standard InChI is InChI=1S/C4H7N2O2/c7-4-5-2-1-3-6(4)8/h1-2,4,7-8H,3H2. The molecule has 0 amide bonds. The summed E-state index contributed by atoms with van der Waals surface area (Å²) in [5.41, 5.74) is 0. The maximum atomic E-state index is 8.64. The van der Waals surface area contributed by atoms with Crippen molar-refractivity contribution in [2.75, 3.05) is 6.54 Å². The highest BCUT2D eigenvalue weighted by Crippen LogP contribution is 1.94. The van der Waals surface area contributed by atoms with Crippen LogP contribution in [0.4, 0.5) is 0 Å². The molecular weight excluding hydrogens is 108 g/mol. The normalized spacial score (nSPS) is 30.0. The lowest BCUT2D eigenvalue weighted by Gasteiger charge is -2.20. The highest BCUT2D eigenvalue weighted by atomic mass is 16.5. The van der Waals surface area contributed by atoms with Gasteiger partial charge in [0.2, 0.25) is 6.35 Å². The first-order valence-electron chi connectivity index (χ1n) is 2.29. The number of hydrogen-bond donors (Lipinski definition) is 2. The zero-order valence-electron chi connectivity index (χ0n) is 4.23. The number of aliphatic hydroxyl groups excluding tert-OH is 1. The lowest BCUT2D eigenvalue weighted by molar-refractivity contribution is -0.201. The van der Waals surface area contributed by atoms with Crippen LogP contribution in [0.25, 0.3) is 0 Å². The maximum absolute atomic E-state index is 8.64. The molecule has 1 aliphatic rings. The van der Waals surface area contributed by atoms with E-state index in [2.05, 4.69) is 5.32 Å². The monoisotopic (exact) mass is 115 g/mol. The maximum Gasteiger partial charge on any atom is 0.226 e. The topological polar surface area (TPSA) is 57.8 Å². The van der Waals surface area contributed by atoms with E-state index in [1.165, 1.54) is 6.20 Å². The van der Waals surface area contributed by atoms with E-state index in [0.29, 0.717) is 6.54 Å². The van der Waals surface area contributed by atoms with Crippen LogP contribution in [0, 0.1) is 0 Å². The molecule has 0 aromatic heterocycles. The highest BCUT2D eigenvalue weighted by molar-refractivity contribution is 4.85. The minimum absolute atomic E-state index is 0.338. The van der Waals surface area contributed by atoms with Gasteiger partial charge in [-0.05, 0) is 6.08 Å². The van der Waals surface area contributed by atoms with Crippen LogP contribution in [0.3, 0.4) is 0 Å². The van der Waals surface area contributed by atoms with Gasteiger partial charge in [0.25, 0.3) is 0 Å². The van der Waals surface area contributed by atoms with Gasteiger partial charge in [-0.1, -0.05) is 0 Å². The van der Waals surface area contributed by atoms with Gasteiger partial charge in [-0.25, -0.2) is 5.32 Å². The number of nitrogens with zero attached hydrogens (tertiary/aromatic N) is 2. The fourth-order valence-electron chi connectivity index (χ4n) is 0.464. The van der Waals surface area contributed by atoms with Gasteiger partial charge in [0.05, 0.1) is 0 Å². The van der Waals surface area contributed by atoms with Crippen molar-refractivity contribution in [1.82, 2.24) is 10.4 Å². The predicted molar refractivity (Wildman–Crippen MR) is 25.8 cm³/mol. The molecule has 4 heteroatoms. The fraction of sp³-hybridized carbons (Fsp3) is 0.500. The van der Waals surface area contributed by atoms with Crippen molar-refractivity contribution < 1.29 is 10.3 Å². The molecule has 4 nitrogen and oxygen atoms in total. The summed E-state index contributed by atoms with van der Waals surface area (Å²) in [6, 6.07) is 0. The zero-order chi connectivity index (χ0) is 5.98. The van der Waals surface area contributed by atoms with Crippen LogP contribution >= 0.6 is 0 Å². The minimum Gasteiger partial charge on any atom is -0.358 e. The molecule has 0 aromatic rings. The molecule has 0 saturated heterocycles. The third-order valence-electron chi connectivity index (χ3n) is 0.884. The first-order chi connectivity index (χ1) is 3.80. The van der Waals surface area contributed by atoms with Crippen molar-refractivity contribution in [3.63, 3.8) is 0 Å². The average Bonchev–Trinajstić information content (AvgIpc) is 1.77. The molecule has 1 atom stereocenters. The Bertz CT molecular complexity index is 92.2. The molecule has 1 rings (SSSR count). The molecule has 0 spiro atoms. The van der Waals surface area contributed by atoms with E-state index in [-0.39, 0.29) is 0 Å². The van der Waals surface area contributed by atoms with Crippen LogP contribution < -0.4 is 5.32 Å². The third-order valence-corrected chi connectivity index (χ3v) is 0.884. The van der Waals surface area contributed by atoms with Crippen LogP contribution in [0.2, 0.25) is 0 Å². The van der Waals surface area contributed by atoms with Gasteiger partial charge in [-0.15, -0.1) is 5.06 Å². The van der Waals surface area contributed by atoms with E-state index in [9.17, 15) is 0 Å². The van der Waals surface area contributed by atoms with Crippen molar-refractivity contribution in [3.05, 3.63) is 12.3 Å². The fourth-order valence-corrected chi connectivity index (χ4v) is 0.464. The third kappa shape index (κ3) is 0.975. The summed E-state index contributed by atoms with van der Waals surface area (Å²) in [5.74, 6) is 0. The number of hydrogen-bond acceptors (Lipinski definition) is 3. The predicted octanol–water partition coefficient (Wildman–Crippen LogP) is -0.915. The van der Waals surface area contributed by atoms with E-state index < -0.39 is 6.35 Å². The van der Waals surface area contributed by atoms with Crippen LogP contribution in [0.1, 0.15) is 0 Å². The van der Waals surface area contributed by atoms with Crippen molar-refractivity contribution in [3.8, 4) is 0 Å². The molecule has 0 saturated carbocycles. The van der Waals surface area contributed by atoms with E-state index in [1.807, 2.05) is 0 Å². The molecule has 8 heavy (non-hydrogen) atoms. The lowest BCUT2D eigenvalue weighted by Crippen LogP contribution is -2.40.